The summed E-state index contributed by atoms with van der Waals surface area (Å²) >= 11 is 0. The van der Waals surface area contributed by atoms with Crippen molar-refractivity contribution in [2.45, 2.75) is 32.9 Å². The third kappa shape index (κ3) is 3.09. The van der Waals surface area contributed by atoms with Crippen LogP contribution in [-0.2, 0) is 6.54 Å². The van der Waals surface area contributed by atoms with E-state index in [4.69, 9.17) is 4.42 Å². The fraction of sp³-hybridized carbons (Fsp3) is 0.692. The van der Waals surface area contributed by atoms with Crippen LogP contribution in [0.15, 0.2) is 23.0 Å². The molecule has 1 aromatic rings. The van der Waals surface area contributed by atoms with Crippen molar-refractivity contribution >= 4 is 0 Å². The molecule has 1 aromatic heterocycles. The number of nitrogens with zero attached hydrogens (tertiary/aromatic N) is 1. The molecule has 1 aliphatic heterocycles. The van der Waals surface area contributed by atoms with Gasteiger partial charge >= 0.3 is 0 Å². The number of furan rings is 1. The van der Waals surface area contributed by atoms with Gasteiger partial charge in [-0.1, -0.05) is 6.92 Å². The minimum Gasteiger partial charge on any atom is -0.472 e. The summed E-state index contributed by atoms with van der Waals surface area (Å²) in [5.74, 6) is 0.865. The van der Waals surface area contributed by atoms with Crippen molar-refractivity contribution in [3.63, 3.8) is 0 Å². The van der Waals surface area contributed by atoms with Crippen molar-refractivity contribution in [2.75, 3.05) is 19.6 Å². The SMILES string of the molecule is CC1CC(C)N(CCNCc2ccoc2)C1. The molecule has 90 valence electrons. The van der Waals surface area contributed by atoms with E-state index in [1.165, 1.54) is 18.5 Å². The maximum absolute atomic E-state index is 5.03. The number of nitrogens with one attached hydrogen (secondary N) is 1. The number of hydrogen-bond acceptors (Lipinski definition) is 3. The first kappa shape index (κ1) is 11.7. The molecular weight excluding hydrogens is 200 g/mol. The largest absolute Gasteiger partial charge is 0.472 e. The molecule has 2 heterocycles. The van der Waals surface area contributed by atoms with Gasteiger partial charge in [-0.15, -0.1) is 0 Å². The van der Waals surface area contributed by atoms with Crippen molar-refractivity contribution in [3.8, 4) is 0 Å². The molecule has 2 atom stereocenters. The fourth-order valence-corrected chi connectivity index (χ4v) is 2.55. The number of hydrogen-bond donors (Lipinski definition) is 1. The van der Waals surface area contributed by atoms with Gasteiger partial charge in [-0.25, -0.2) is 0 Å². The number of likely N-dealkylation sites (tertiary alicyclic amines) is 1. The average Bonchev–Trinajstić information content (AvgIpc) is 2.84. The first-order chi connectivity index (χ1) is 7.75. The highest BCUT2D eigenvalue weighted by molar-refractivity contribution is 5.04. The highest BCUT2D eigenvalue weighted by Gasteiger charge is 2.24. The van der Waals surface area contributed by atoms with Crippen molar-refractivity contribution < 1.29 is 4.42 Å². The zero-order chi connectivity index (χ0) is 11.4. The van der Waals surface area contributed by atoms with E-state index in [9.17, 15) is 0 Å². The third-order valence-electron chi connectivity index (χ3n) is 3.40. The van der Waals surface area contributed by atoms with Crippen LogP contribution in [-0.4, -0.2) is 30.6 Å². The van der Waals surface area contributed by atoms with Crippen LogP contribution < -0.4 is 5.32 Å². The van der Waals surface area contributed by atoms with Crippen LogP contribution in [0.1, 0.15) is 25.8 Å². The molecule has 0 aliphatic carbocycles. The van der Waals surface area contributed by atoms with Gasteiger partial charge in [-0.05, 0) is 25.3 Å². The van der Waals surface area contributed by atoms with Gasteiger partial charge in [0.25, 0.3) is 0 Å². The molecule has 3 heteroatoms. The zero-order valence-electron chi connectivity index (χ0n) is 10.3. The fourth-order valence-electron chi connectivity index (χ4n) is 2.55. The minimum absolute atomic E-state index is 0.755. The Labute approximate surface area is 97.8 Å². The molecule has 1 fully saturated rings. The Balaban J connectivity index is 1.61. The lowest BCUT2D eigenvalue weighted by Gasteiger charge is -2.20. The molecule has 16 heavy (non-hydrogen) atoms. The quantitative estimate of drug-likeness (QED) is 0.773. The van der Waals surface area contributed by atoms with Gasteiger partial charge in [0.2, 0.25) is 0 Å². The molecule has 0 amide bonds. The molecule has 2 rings (SSSR count). The first-order valence-electron chi connectivity index (χ1n) is 6.21. The van der Waals surface area contributed by atoms with E-state index in [1.807, 2.05) is 6.07 Å². The summed E-state index contributed by atoms with van der Waals surface area (Å²) in [6.07, 6.45) is 4.87. The summed E-state index contributed by atoms with van der Waals surface area (Å²) in [6.45, 7) is 9.06. The maximum atomic E-state index is 5.03. The summed E-state index contributed by atoms with van der Waals surface area (Å²) in [7, 11) is 0. The van der Waals surface area contributed by atoms with Gasteiger partial charge in [-0.3, -0.25) is 4.90 Å². The van der Waals surface area contributed by atoms with Crippen LogP contribution in [0.3, 0.4) is 0 Å². The van der Waals surface area contributed by atoms with Crippen molar-refractivity contribution in [3.05, 3.63) is 24.2 Å². The van der Waals surface area contributed by atoms with Crippen molar-refractivity contribution in [1.29, 1.82) is 0 Å². The lowest BCUT2D eigenvalue weighted by atomic mass is 10.1. The molecule has 0 radical (unpaired) electrons. The zero-order valence-corrected chi connectivity index (χ0v) is 10.3. The van der Waals surface area contributed by atoms with Gasteiger partial charge in [0.1, 0.15) is 0 Å². The van der Waals surface area contributed by atoms with Crippen LogP contribution in [0.4, 0.5) is 0 Å². The number of rotatable bonds is 5. The Bertz CT molecular complexity index is 297. The Morgan fingerprint density at radius 1 is 1.50 bits per heavy atom. The van der Waals surface area contributed by atoms with Crippen LogP contribution >= 0.6 is 0 Å². The lowest BCUT2D eigenvalue weighted by Crippen LogP contribution is -2.34. The summed E-state index contributed by atoms with van der Waals surface area (Å²) in [6, 6.07) is 2.76. The molecular formula is C13H22N2O. The Morgan fingerprint density at radius 2 is 2.38 bits per heavy atom. The standard InChI is InChI=1S/C13H22N2O/c1-11-7-12(2)15(9-11)5-4-14-8-13-3-6-16-10-13/h3,6,10-12,14H,4-5,7-9H2,1-2H3. The smallest absolute Gasteiger partial charge is 0.0947 e. The summed E-state index contributed by atoms with van der Waals surface area (Å²) in [4.78, 5) is 2.58. The van der Waals surface area contributed by atoms with E-state index < -0.39 is 0 Å². The van der Waals surface area contributed by atoms with Crippen LogP contribution in [0.25, 0.3) is 0 Å². The maximum Gasteiger partial charge on any atom is 0.0947 e. The predicted molar refractivity (Wildman–Crippen MR) is 65.2 cm³/mol. The van der Waals surface area contributed by atoms with Crippen LogP contribution in [0.5, 0.6) is 0 Å². The minimum atomic E-state index is 0.755. The molecule has 1 N–H and O–H groups in total. The second kappa shape index (κ2) is 5.51. The average molecular weight is 222 g/mol. The summed E-state index contributed by atoms with van der Waals surface area (Å²) in [5, 5.41) is 3.45. The molecule has 0 spiro atoms. The second-order valence-corrected chi connectivity index (χ2v) is 4.99. The molecule has 1 aliphatic rings. The summed E-state index contributed by atoms with van der Waals surface area (Å²) in [5.41, 5.74) is 1.22. The van der Waals surface area contributed by atoms with Gasteiger partial charge in [0.05, 0.1) is 12.5 Å². The molecule has 3 nitrogen and oxygen atoms in total. The Kier molecular flexibility index (Phi) is 4.02. The molecule has 2 unspecified atom stereocenters. The lowest BCUT2D eigenvalue weighted by molar-refractivity contribution is 0.264. The van der Waals surface area contributed by atoms with E-state index >= 15 is 0 Å². The van der Waals surface area contributed by atoms with E-state index in [-0.39, 0.29) is 0 Å². The predicted octanol–water partition coefficient (Wildman–Crippen LogP) is 2.10. The normalized spacial score (nSPS) is 26.4. The van der Waals surface area contributed by atoms with E-state index in [0.717, 1.165) is 31.6 Å². The van der Waals surface area contributed by atoms with Gasteiger partial charge in [0, 0.05) is 37.8 Å². The van der Waals surface area contributed by atoms with Crippen molar-refractivity contribution in [1.82, 2.24) is 10.2 Å². The highest BCUT2D eigenvalue weighted by Crippen LogP contribution is 2.21. The Hall–Kier alpha value is -0.800. The monoisotopic (exact) mass is 222 g/mol. The van der Waals surface area contributed by atoms with Crippen LogP contribution in [0, 0.1) is 5.92 Å². The summed E-state index contributed by atoms with van der Waals surface area (Å²) < 4.78 is 5.03. The molecule has 1 saturated heterocycles. The molecule has 0 saturated carbocycles. The molecule has 0 aromatic carbocycles. The first-order valence-corrected chi connectivity index (χ1v) is 6.21. The highest BCUT2D eigenvalue weighted by atomic mass is 16.3. The van der Waals surface area contributed by atoms with E-state index in [2.05, 4.69) is 24.1 Å². The van der Waals surface area contributed by atoms with E-state index in [0.29, 0.717) is 0 Å². The second-order valence-electron chi connectivity index (χ2n) is 4.99. The van der Waals surface area contributed by atoms with Crippen molar-refractivity contribution in [2.24, 2.45) is 5.92 Å². The Morgan fingerprint density at radius 3 is 3.00 bits per heavy atom. The molecule has 0 bridgehead atoms. The van der Waals surface area contributed by atoms with Gasteiger partial charge < -0.3 is 9.73 Å². The topological polar surface area (TPSA) is 28.4 Å². The van der Waals surface area contributed by atoms with Gasteiger partial charge in [-0.2, -0.15) is 0 Å². The van der Waals surface area contributed by atoms with E-state index in [1.54, 1.807) is 12.5 Å². The third-order valence-corrected chi connectivity index (χ3v) is 3.40. The van der Waals surface area contributed by atoms with Crippen LogP contribution in [0.2, 0.25) is 0 Å². The van der Waals surface area contributed by atoms with Gasteiger partial charge in [0.15, 0.2) is 0 Å².